The van der Waals surface area contributed by atoms with Gasteiger partial charge in [0.15, 0.2) is 0 Å². The standard InChI is InChI=1S/C21H18N4O3/c26-19(23-17-10-4-9-16-15(17)8-5-11-22-16)12-18-20(27)25(21(28)24-18)13-14-6-2-1-3-7-14/h1-11,18H,12-13H2,(H,23,26)(H,24,28)/t18-/m0/s1. The maximum atomic E-state index is 12.6. The van der Waals surface area contributed by atoms with Gasteiger partial charge < -0.3 is 10.6 Å². The second-order valence-electron chi connectivity index (χ2n) is 6.54. The van der Waals surface area contributed by atoms with Crippen molar-refractivity contribution in [2.75, 3.05) is 5.32 Å². The van der Waals surface area contributed by atoms with E-state index >= 15 is 0 Å². The van der Waals surface area contributed by atoms with Crippen molar-refractivity contribution in [3.05, 3.63) is 72.4 Å². The van der Waals surface area contributed by atoms with E-state index in [2.05, 4.69) is 15.6 Å². The van der Waals surface area contributed by atoms with Crippen molar-refractivity contribution in [3.63, 3.8) is 0 Å². The fraction of sp³-hybridized carbons (Fsp3) is 0.143. The normalized spacial score (nSPS) is 16.3. The molecule has 2 heterocycles. The number of hydrogen-bond donors (Lipinski definition) is 2. The van der Waals surface area contributed by atoms with Gasteiger partial charge in [0.2, 0.25) is 5.91 Å². The highest BCUT2D eigenvalue weighted by Gasteiger charge is 2.38. The Morgan fingerprint density at radius 2 is 1.86 bits per heavy atom. The lowest BCUT2D eigenvalue weighted by Crippen LogP contribution is -2.34. The van der Waals surface area contributed by atoms with Gasteiger partial charge in [-0.05, 0) is 29.8 Å². The number of imide groups is 1. The average molecular weight is 374 g/mol. The van der Waals surface area contributed by atoms with Crippen LogP contribution in [0.25, 0.3) is 10.9 Å². The van der Waals surface area contributed by atoms with Crippen molar-refractivity contribution in [1.29, 1.82) is 0 Å². The van der Waals surface area contributed by atoms with Crippen molar-refractivity contribution in [3.8, 4) is 0 Å². The highest BCUT2D eigenvalue weighted by atomic mass is 16.2. The average Bonchev–Trinajstić information content (AvgIpc) is 2.96. The molecule has 0 aliphatic carbocycles. The molecule has 1 aromatic heterocycles. The number of hydrogen-bond acceptors (Lipinski definition) is 4. The van der Waals surface area contributed by atoms with Gasteiger partial charge in [0.25, 0.3) is 5.91 Å². The highest BCUT2D eigenvalue weighted by Crippen LogP contribution is 2.22. The Bertz CT molecular complexity index is 1050. The number of fused-ring (bicyclic) bond motifs is 1. The van der Waals surface area contributed by atoms with Crippen molar-refractivity contribution in [2.45, 2.75) is 19.0 Å². The Labute approximate surface area is 161 Å². The van der Waals surface area contributed by atoms with Gasteiger partial charge >= 0.3 is 6.03 Å². The van der Waals surface area contributed by atoms with Gasteiger partial charge in [-0.1, -0.05) is 36.4 Å². The molecule has 4 rings (SSSR count). The molecule has 28 heavy (non-hydrogen) atoms. The number of anilines is 1. The van der Waals surface area contributed by atoms with Gasteiger partial charge in [-0.2, -0.15) is 0 Å². The molecule has 4 amide bonds. The van der Waals surface area contributed by atoms with E-state index < -0.39 is 18.0 Å². The minimum absolute atomic E-state index is 0.132. The van der Waals surface area contributed by atoms with Crippen LogP contribution in [0.3, 0.4) is 0 Å². The van der Waals surface area contributed by atoms with E-state index in [9.17, 15) is 14.4 Å². The molecule has 2 N–H and O–H groups in total. The van der Waals surface area contributed by atoms with E-state index in [0.29, 0.717) is 5.69 Å². The SMILES string of the molecule is O=C(C[C@@H]1NC(=O)N(Cc2ccccc2)C1=O)Nc1cccc2ncccc12. The number of aromatic nitrogens is 1. The number of carbonyl (C=O) groups excluding carboxylic acids is 3. The molecule has 0 bridgehead atoms. The van der Waals surface area contributed by atoms with Crippen LogP contribution in [0.2, 0.25) is 0 Å². The van der Waals surface area contributed by atoms with Crippen LogP contribution in [-0.2, 0) is 16.1 Å². The summed E-state index contributed by atoms with van der Waals surface area (Å²) in [6, 6.07) is 17.0. The maximum Gasteiger partial charge on any atom is 0.325 e. The van der Waals surface area contributed by atoms with Gasteiger partial charge in [0, 0.05) is 11.6 Å². The lowest BCUT2D eigenvalue weighted by molar-refractivity contribution is -0.130. The predicted molar refractivity (Wildman–Crippen MR) is 104 cm³/mol. The summed E-state index contributed by atoms with van der Waals surface area (Å²) in [6.07, 6.45) is 1.55. The van der Waals surface area contributed by atoms with Gasteiger partial charge in [-0.15, -0.1) is 0 Å². The van der Waals surface area contributed by atoms with E-state index in [0.717, 1.165) is 21.4 Å². The zero-order valence-corrected chi connectivity index (χ0v) is 15.0. The number of amides is 4. The Hall–Kier alpha value is -3.74. The van der Waals surface area contributed by atoms with Crippen LogP contribution in [0, 0.1) is 0 Å². The first-order valence-electron chi connectivity index (χ1n) is 8.91. The number of pyridine rings is 1. The Kier molecular flexibility index (Phi) is 4.72. The third kappa shape index (κ3) is 3.55. The molecule has 1 atom stereocenters. The third-order valence-electron chi connectivity index (χ3n) is 4.60. The van der Waals surface area contributed by atoms with Crippen LogP contribution in [0.4, 0.5) is 10.5 Å². The van der Waals surface area contributed by atoms with Crippen LogP contribution in [0.5, 0.6) is 0 Å². The molecule has 1 aliphatic heterocycles. The lowest BCUT2D eigenvalue weighted by atomic mass is 10.1. The van der Waals surface area contributed by atoms with Crippen molar-refractivity contribution < 1.29 is 14.4 Å². The molecule has 7 nitrogen and oxygen atoms in total. The quantitative estimate of drug-likeness (QED) is 0.672. The first kappa shape index (κ1) is 17.7. The molecule has 1 fully saturated rings. The molecular formula is C21H18N4O3. The Morgan fingerprint density at radius 1 is 1.04 bits per heavy atom. The molecule has 0 saturated carbocycles. The van der Waals surface area contributed by atoms with Crippen molar-refractivity contribution in [1.82, 2.24) is 15.2 Å². The first-order chi connectivity index (χ1) is 13.6. The first-order valence-corrected chi connectivity index (χ1v) is 8.91. The van der Waals surface area contributed by atoms with E-state index in [4.69, 9.17) is 0 Å². The molecule has 7 heteroatoms. The molecule has 1 saturated heterocycles. The van der Waals surface area contributed by atoms with E-state index in [1.165, 1.54) is 0 Å². The molecule has 0 radical (unpaired) electrons. The monoisotopic (exact) mass is 374 g/mol. The fourth-order valence-corrected chi connectivity index (χ4v) is 3.23. The van der Waals surface area contributed by atoms with Gasteiger partial charge in [0.05, 0.1) is 24.2 Å². The van der Waals surface area contributed by atoms with Crippen LogP contribution >= 0.6 is 0 Å². The summed E-state index contributed by atoms with van der Waals surface area (Å²) < 4.78 is 0. The van der Waals surface area contributed by atoms with Gasteiger partial charge in [-0.25, -0.2) is 4.79 Å². The van der Waals surface area contributed by atoms with Gasteiger partial charge in [-0.3, -0.25) is 19.5 Å². The topological polar surface area (TPSA) is 91.4 Å². The van der Waals surface area contributed by atoms with Crippen LogP contribution in [-0.4, -0.2) is 33.8 Å². The minimum atomic E-state index is -0.871. The van der Waals surface area contributed by atoms with E-state index in [-0.39, 0.29) is 18.9 Å². The maximum absolute atomic E-state index is 12.6. The number of rotatable bonds is 5. The van der Waals surface area contributed by atoms with Crippen LogP contribution in [0.15, 0.2) is 66.9 Å². The Morgan fingerprint density at radius 3 is 2.68 bits per heavy atom. The van der Waals surface area contributed by atoms with Crippen molar-refractivity contribution >= 4 is 34.4 Å². The van der Waals surface area contributed by atoms with Crippen LogP contribution in [0.1, 0.15) is 12.0 Å². The smallest absolute Gasteiger partial charge is 0.325 e. The molecule has 3 aromatic rings. The number of carbonyl (C=O) groups is 3. The summed E-state index contributed by atoms with van der Waals surface area (Å²) in [5.41, 5.74) is 2.23. The minimum Gasteiger partial charge on any atom is -0.325 e. The molecular weight excluding hydrogens is 356 g/mol. The van der Waals surface area contributed by atoms with Gasteiger partial charge in [0.1, 0.15) is 6.04 Å². The number of urea groups is 1. The zero-order valence-electron chi connectivity index (χ0n) is 15.0. The number of nitrogens with one attached hydrogen (secondary N) is 2. The van der Waals surface area contributed by atoms with Crippen LogP contribution < -0.4 is 10.6 Å². The molecule has 0 spiro atoms. The fourth-order valence-electron chi connectivity index (χ4n) is 3.23. The zero-order chi connectivity index (χ0) is 19.5. The predicted octanol–water partition coefficient (Wildman–Crippen LogP) is 2.68. The largest absolute Gasteiger partial charge is 0.325 e. The second-order valence-corrected chi connectivity index (χ2v) is 6.54. The summed E-state index contributed by atoms with van der Waals surface area (Å²) in [5, 5.41) is 6.21. The summed E-state index contributed by atoms with van der Waals surface area (Å²) in [6.45, 7) is 0.179. The van der Waals surface area contributed by atoms with E-state index in [1.807, 2.05) is 42.5 Å². The number of nitrogens with zero attached hydrogens (tertiary/aromatic N) is 2. The summed E-state index contributed by atoms with van der Waals surface area (Å²) >= 11 is 0. The summed E-state index contributed by atoms with van der Waals surface area (Å²) in [4.78, 5) is 42.6. The van der Waals surface area contributed by atoms with Crippen molar-refractivity contribution in [2.24, 2.45) is 0 Å². The number of benzene rings is 2. The molecule has 0 unspecified atom stereocenters. The molecule has 140 valence electrons. The molecule has 2 aromatic carbocycles. The third-order valence-corrected chi connectivity index (χ3v) is 4.60. The second kappa shape index (κ2) is 7.48. The molecule has 1 aliphatic rings. The summed E-state index contributed by atoms with van der Waals surface area (Å²) in [7, 11) is 0. The Balaban J connectivity index is 1.43. The lowest BCUT2D eigenvalue weighted by Gasteiger charge is -2.13. The van der Waals surface area contributed by atoms with E-state index in [1.54, 1.807) is 24.4 Å². The highest BCUT2D eigenvalue weighted by molar-refractivity contribution is 6.08. The summed E-state index contributed by atoms with van der Waals surface area (Å²) in [5.74, 6) is -0.750.